The van der Waals surface area contributed by atoms with Crippen LogP contribution in [0.4, 0.5) is 4.79 Å². The molecule has 24 heavy (non-hydrogen) atoms. The van der Waals surface area contributed by atoms with Crippen LogP contribution in [0.25, 0.3) is 11.2 Å². The number of fused-ring (bicyclic) bond motifs is 1. The molecule has 2 amide bonds. The molecule has 1 N–H and O–H groups in total. The van der Waals surface area contributed by atoms with Crippen LogP contribution in [0.5, 0.6) is 0 Å². The van der Waals surface area contributed by atoms with Crippen molar-refractivity contribution in [2.75, 3.05) is 26.2 Å². The van der Waals surface area contributed by atoms with Gasteiger partial charge in [0.05, 0.1) is 12.6 Å². The van der Waals surface area contributed by atoms with Crippen molar-refractivity contribution in [3.8, 4) is 0 Å². The number of esters is 1. The summed E-state index contributed by atoms with van der Waals surface area (Å²) >= 11 is 0. The van der Waals surface area contributed by atoms with E-state index in [4.69, 9.17) is 4.74 Å². The number of aryl methyl sites for hydroxylation is 1. The van der Waals surface area contributed by atoms with Crippen LogP contribution in [-0.4, -0.2) is 57.7 Å². The maximum absolute atomic E-state index is 12.2. The van der Waals surface area contributed by atoms with Gasteiger partial charge in [-0.1, -0.05) is 0 Å². The number of aromatic nitrogens is 3. The van der Waals surface area contributed by atoms with E-state index in [1.807, 2.05) is 19.1 Å². The first-order chi connectivity index (χ1) is 11.6. The summed E-state index contributed by atoms with van der Waals surface area (Å²) in [5, 5.41) is 2.60. The van der Waals surface area contributed by atoms with Gasteiger partial charge in [0, 0.05) is 19.3 Å². The van der Waals surface area contributed by atoms with Crippen LogP contribution < -0.4 is 5.32 Å². The highest BCUT2D eigenvalue weighted by atomic mass is 16.5. The van der Waals surface area contributed by atoms with Crippen molar-refractivity contribution in [2.45, 2.75) is 26.3 Å². The van der Waals surface area contributed by atoms with Crippen molar-refractivity contribution < 1.29 is 14.3 Å². The molecule has 0 radical (unpaired) electrons. The first-order valence-electron chi connectivity index (χ1n) is 8.08. The van der Waals surface area contributed by atoms with Gasteiger partial charge in [0.1, 0.15) is 17.9 Å². The second-order valence-electron chi connectivity index (χ2n) is 5.73. The van der Waals surface area contributed by atoms with Gasteiger partial charge in [0.2, 0.25) is 0 Å². The Balaban J connectivity index is 1.65. The topological polar surface area (TPSA) is 89.4 Å². The summed E-state index contributed by atoms with van der Waals surface area (Å²) < 4.78 is 6.90. The molecule has 3 heterocycles. The highest BCUT2D eigenvalue weighted by Gasteiger charge is 2.29. The van der Waals surface area contributed by atoms with Crippen molar-refractivity contribution in [3.63, 3.8) is 0 Å². The molecule has 1 fully saturated rings. The van der Waals surface area contributed by atoms with Gasteiger partial charge in [-0.25, -0.2) is 14.8 Å². The highest BCUT2D eigenvalue weighted by Crippen LogP contribution is 2.26. The summed E-state index contributed by atoms with van der Waals surface area (Å²) in [5.41, 5.74) is 1.70. The summed E-state index contributed by atoms with van der Waals surface area (Å²) in [7, 11) is 0. The molecule has 1 aliphatic rings. The van der Waals surface area contributed by atoms with Crippen LogP contribution in [0.3, 0.4) is 0 Å². The number of pyridine rings is 1. The van der Waals surface area contributed by atoms with E-state index in [1.165, 1.54) is 0 Å². The van der Waals surface area contributed by atoms with E-state index in [0.717, 1.165) is 23.4 Å². The molecular weight excluding hydrogens is 310 g/mol. The van der Waals surface area contributed by atoms with Crippen molar-refractivity contribution in [3.05, 3.63) is 24.2 Å². The van der Waals surface area contributed by atoms with Crippen LogP contribution >= 0.6 is 0 Å². The number of nitrogens with zero attached hydrogens (tertiary/aromatic N) is 4. The number of carbonyl (C=O) groups is 2. The summed E-state index contributed by atoms with van der Waals surface area (Å²) in [6, 6.07) is 3.69. The Morgan fingerprint density at radius 3 is 3.08 bits per heavy atom. The molecule has 128 valence electrons. The lowest BCUT2D eigenvalue weighted by molar-refractivity contribution is -0.141. The number of hydrogen-bond acceptors (Lipinski definition) is 5. The number of nitrogens with one attached hydrogen (secondary N) is 1. The second kappa shape index (κ2) is 6.86. The van der Waals surface area contributed by atoms with Crippen molar-refractivity contribution in [2.24, 2.45) is 0 Å². The molecule has 0 spiro atoms. The SMILES string of the molecule is CCOC(=O)CNC(=O)N1CC[C@H](n2c(C)nc3cccnc32)C1. The molecule has 3 rings (SSSR count). The third-order valence-electron chi connectivity index (χ3n) is 4.13. The van der Waals surface area contributed by atoms with E-state index >= 15 is 0 Å². The standard InChI is InChI=1S/C16H21N5O3/c1-3-24-14(22)9-18-16(23)20-8-6-12(10-20)21-11(2)19-13-5-4-7-17-15(13)21/h4-5,7,12H,3,6,8-10H2,1-2H3,(H,18,23)/t12-/m0/s1. The third kappa shape index (κ3) is 3.17. The molecule has 0 unspecified atom stereocenters. The molecular formula is C16H21N5O3. The molecule has 0 saturated carbocycles. The quantitative estimate of drug-likeness (QED) is 0.852. The van der Waals surface area contributed by atoms with E-state index in [9.17, 15) is 9.59 Å². The minimum absolute atomic E-state index is 0.109. The van der Waals surface area contributed by atoms with Crippen molar-refractivity contribution >= 4 is 23.2 Å². The fraction of sp³-hybridized carbons (Fsp3) is 0.500. The molecule has 1 aliphatic heterocycles. The average molecular weight is 331 g/mol. The van der Waals surface area contributed by atoms with E-state index in [0.29, 0.717) is 19.7 Å². The fourth-order valence-electron chi connectivity index (χ4n) is 3.09. The second-order valence-corrected chi connectivity index (χ2v) is 5.73. The molecule has 2 aromatic heterocycles. The Morgan fingerprint density at radius 2 is 2.29 bits per heavy atom. The van der Waals surface area contributed by atoms with Gasteiger partial charge < -0.3 is 19.5 Å². The first kappa shape index (κ1) is 16.2. The van der Waals surface area contributed by atoms with Gasteiger partial charge in [0.15, 0.2) is 5.65 Å². The van der Waals surface area contributed by atoms with E-state index in [1.54, 1.807) is 18.0 Å². The summed E-state index contributed by atoms with van der Waals surface area (Å²) in [5.74, 6) is 0.463. The van der Waals surface area contributed by atoms with Crippen LogP contribution in [0.2, 0.25) is 0 Å². The number of urea groups is 1. The zero-order chi connectivity index (χ0) is 17.1. The Morgan fingerprint density at radius 1 is 1.46 bits per heavy atom. The van der Waals surface area contributed by atoms with Crippen LogP contribution in [0.1, 0.15) is 25.2 Å². The molecule has 0 bridgehead atoms. The average Bonchev–Trinajstić information content (AvgIpc) is 3.16. The van der Waals surface area contributed by atoms with Crippen LogP contribution in [0.15, 0.2) is 18.3 Å². The lowest BCUT2D eigenvalue weighted by Gasteiger charge is -2.18. The number of imidazole rings is 1. The third-order valence-corrected chi connectivity index (χ3v) is 4.13. The number of likely N-dealkylation sites (tertiary alicyclic amines) is 1. The van der Waals surface area contributed by atoms with Gasteiger partial charge >= 0.3 is 12.0 Å². The van der Waals surface area contributed by atoms with Crippen molar-refractivity contribution in [1.82, 2.24) is 24.8 Å². The van der Waals surface area contributed by atoms with Crippen molar-refractivity contribution in [1.29, 1.82) is 0 Å². The molecule has 0 aromatic carbocycles. The summed E-state index contributed by atoms with van der Waals surface area (Å²) in [4.78, 5) is 34.2. The van der Waals surface area contributed by atoms with Gasteiger partial charge in [0.25, 0.3) is 0 Å². The van der Waals surface area contributed by atoms with Crippen LogP contribution in [0, 0.1) is 6.92 Å². The zero-order valence-electron chi connectivity index (χ0n) is 13.9. The Labute approximate surface area is 139 Å². The minimum Gasteiger partial charge on any atom is -0.465 e. The largest absolute Gasteiger partial charge is 0.465 e. The maximum atomic E-state index is 12.2. The lowest BCUT2D eigenvalue weighted by Crippen LogP contribution is -2.41. The zero-order valence-corrected chi connectivity index (χ0v) is 13.9. The highest BCUT2D eigenvalue weighted by molar-refractivity contribution is 5.81. The summed E-state index contributed by atoms with van der Waals surface area (Å²) in [6.45, 7) is 5.08. The van der Waals surface area contributed by atoms with Gasteiger partial charge in [-0.2, -0.15) is 0 Å². The normalized spacial score (nSPS) is 17.2. The van der Waals surface area contributed by atoms with E-state index in [2.05, 4.69) is 19.9 Å². The number of hydrogen-bond donors (Lipinski definition) is 1. The fourth-order valence-corrected chi connectivity index (χ4v) is 3.09. The van der Waals surface area contributed by atoms with Gasteiger partial charge in [-0.3, -0.25) is 4.79 Å². The number of rotatable bonds is 4. The van der Waals surface area contributed by atoms with E-state index in [-0.39, 0.29) is 18.6 Å². The first-order valence-corrected chi connectivity index (χ1v) is 8.08. The Bertz CT molecular complexity index is 757. The van der Waals surface area contributed by atoms with E-state index < -0.39 is 5.97 Å². The number of ether oxygens (including phenoxy) is 1. The monoisotopic (exact) mass is 331 g/mol. The Hall–Kier alpha value is -2.64. The predicted octanol–water partition coefficient (Wildman–Crippen LogP) is 1.26. The molecule has 0 aliphatic carbocycles. The van der Waals surface area contributed by atoms with Gasteiger partial charge in [-0.05, 0) is 32.4 Å². The molecule has 8 heteroatoms. The Kier molecular flexibility index (Phi) is 4.64. The summed E-state index contributed by atoms with van der Waals surface area (Å²) in [6.07, 6.45) is 2.58. The predicted molar refractivity (Wildman–Crippen MR) is 87.5 cm³/mol. The lowest BCUT2D eigenvalue weighted by atomic mass is 10.2. The maximum Gasteiger partial charge on any atom is 0.325 e. The molecule has 1 atom stereocenters. The molecule has 2 aromatic rings. The van der Waals surface area contributed by atoms with Gasteiger partial charge in [-0.15, -0.1) is 0 Å². The molecule has 1 saturated heterocycles. The minimum atomic E-state index is -0.428. The van der Waals surface area contributed by atoms with Crippen LogP contribution in [-0.2, 0) is 9.53 Å². The number of carbonyl (C=O) groups excluding carboxylic acids is 2. The number of amides is 2. The smallest absolute Gasteiger partial charge is 0.325 e. The molecule has 8 nitrogen and oxygen atoms in total.